The number of pyridine rings is 1. The molecule has 3 heterocycles. The lowest BCUT2D eigenvalue weighted by Gasteiger charge is -2.33. The van der Waals surface area contributed by atoms with Gasteiger partial charge in [0.05, 0.1) is 17.6 Å². The van der Waals surface area contributed by atoms with Gasteiger partial charge >= 0.3 is 0 Å². The molecular weight excluding hydrogens is 334 g/mol. The molecule has 1 aromatic carbocycles. The Morgan fingerprint density at radius 2 is 2.08 bits per heavy atom. The minimum Gasteiger partial charge on any atom is -0.349 e. The van der Waals surface area contributed by atoms with Gasteiger partial charge in [-0.15, -0.1) is 0 Å². The topological polar surface area (TPSA) is 53.9 Å². The number of halogens is 1. The SMILES string of the molecule is CCc1cc2c(cc1Cl)Nc1cncnc1N2CCc1cccnc1. The number of hydrogen-bond acceptors (Lipinski definition) is 5. The Kier molecular flexibility index (Phi) is 4.24. The van der Waals surface area contributed by atoms with E-state index in [9.17, 15) is 0 Å². The first-order valence-electron chi connectivity index (χ1n) is 8.32. The van der Waals surface area contributed by atoms with Gasteiger partial charge in [-0.05, 0) is 42.2 Å². The average Bonchev–Trinajstić information content (AvgIpc) is 2.65. The molecule has 0 bridgehead atoms. The summed E-state index contributed by atoms with van der Waals surface area (Å²) in [6.07, 6.45) is 8.84. The van der Waals surface area contributed by atoms with Gasteiger partial charge in [0.2, 0.25) is 0 Å². The van der Waals surface area contributed by atoms with Crippen LogP contribution in [0.4, 0.5) is 22.9 Å². The van der Waals surface area contributed by atoms with Crippen LogP contribution >= 0.6 is 11.6 Å². The van der Waals surface area contributed by atoms with Crippen LogP contribution in [0.2, 0.25) is 5.02 Å². The summed E-state index contributed by atoms with van der Waals surface area (Å²) >= 11 is 6.41. The molecule has 0 atom stereocenters. The normalized spacial score (nSPS) is 12.3. The molecule has 0 spiro atoms. The molecule has 6 heteroatoms. The molecule has 0 fully saturated rings. The standard InChI is InChI=1S/C19H18ClN5/c1-2-14-8-18-16(9-15(14)20)24-17-11-22-12-23-19(17)25(18)7-5-13-4-3-6-21-10-13/h3-4,6,8-12,24H,2,5,7H2,1H3. The van der Waals surface area contributed by atoms with Gasteiger partial charge in [-0.25, -0.2) is 9.97 Å². The maximum atomic E-state index is 6.41. The number of nitrogens with one attached hydrogen (secondary N) is 1. The molecule has 0 saturated heterocycles. The Bertz CT molecular complexity index is 898. The lowest BCUT2D eigenvalue weighted by molar-refractivity contribution is 0.882. The minimum atomic E-state index is 0.779. The first-order valence-corrected chi connectivity index (χ1v) is 8.70. The highest BCUT2D eigenvalue weighted by Crippen LogP contribution is 2.44. The Morgan fingerprint density at radius 3 is 2.88 bits per heavy atom. The number of benzene rings is 1. The molecule has 126 valence electrons. The van der Waals surface area contributed by atoms with Gasteiger partial charge in [0.15, 0.2) is 5.82 Å². The van der Waals surface area contributed by atoms with Crippen LogP contribution in [-0.2, 0) is 12.8 Å². The van der Waals surface area contributed by atoms with Crippen LogP contribution in [0.25, 0.3) is 0 Å². The van der Waals surface area contributed by atoms with E-state index < -0.39 is 0 Å². The van der Waals surface area contributed by atoms with Crippen molar-refractivity contribution in [1.29, 1.82) is 0 Å². The highest BCUT2D eigenvalue weighted by molar-refractivity contribution is 6.32. The van der Waals surface area contributed by atoms with Crippen LogP contribution in [0.15, 0.2) is 49.2 Å². The third-order valence-electron chi connectivity index (χ3n) is 4.40. The van der Waals surface area contributed by atoms with Gasteiger partial charge in [0.25, 0.3) is 0 Å². The fraction of sp³-hybridized carbons (Fsp3) is 0.211. The van der Waals surface area contributed by atoms with Gasteiger partial charge in [-0.1, -0.05) is 24.6 Å². The highest BCUT2D eigenvalue weighted by atomic mass is 35.5. The molecule has 1 aliphatic heterocycles. The highest BCUT2D eigenvalue weighted by Gasteiger charge is 2.25. The van der Waals surface area contributed by atoms with Crippen molar-refractivity contribution in [3.8, 4) is 0 Å². The monoisotopic (exact) mass is 351 g/mol. The lowest BCUT2D eigenvalue weighted by Crippen LogP contribution is -2.26. The van der Waals surface area contributed by atoms with Crippen molar-refractivity contribution >= 4 is 34.5 Å². The Labute approximate surface area is 151 Å². The molecule has 1 aliphatic rings. The molecule has 1 N–H and O–H groups in total. The third kappa shape index (κ3) is 3.03. The van der Waals surface area contributed by atoms with Crippen LogP contribution in [0, 0.1) is 0 Å². The third-order valence-corrected chi connectivity index (χ3v) is 4.75. The van der Waals surface area contributed by atoms with Gasteiger partial charge in [-0.2, -0.15) is 0 Å². The molecule has 25 heavy (non-hydrogen) atoms. The molecule has 2 aromatic heterocycles. The second-order valence-electron chi connectivity index (χ2n) is 5.96. The number of aryl methyl sites for hydroxylation is 1. The molecular formula is C19H18ClN5. The van der Waals surface area contributed by atoms with Crippen molar-refractivity contribution in [2.75, 3.05) is 16.8 Å². The first kappa shape index (κ1) is 15.8. The van der Waals surface area contributed by atoms with E-state index in [4.69, 9.17) is 11.6 Å². The fourth-order valence-electron chi connectivity index (χ4n) is 3.10. The molecule has 4 rings (SSSR count). The largest absolute Gasteiger partial charge is 0.349 e. The van der Waals surface area contributed by atoms with E-state index >= 15 is 0 Å². The number of anilines is 4. The molecule has 3 aromatic rings. The molecule has 0 radical (unpaired) electrons. The number of aromatic nitrogens is 3. The second-order valence-corrected chi connectivity index (χ2v) is 6.37. The van der Waals surface area contributed by atoms with Crippen molar-refractivity contribution < 1.29 is 0 Å². The Hall–Kier alpha value is -2.66. The summed E-state index contributed by atoms with van der Waals surface area (Å²) in [6.45, 7) is 2.91. The molecule has 0 unspecified atom stereocenters. The average molecular weight is 352 g/mol. The molecule has 0 amide bonds. The summed E-state index contributed by atoms with van der Waals surface area (Å²) in [5.41, 5.74) is 5.29. The number of nitrogens with zero attached hydrogens (tertiary/aromatic N) is 4. The molecule has 0 saturated carbocycles. The summed E-state index contributed by atoms with van der Waals surface area (Å²) < 4.78 is 0. The van der Waals surface area contributed by atoms with Crippen LogP contribution in [0.1, 0.15) is 18.1 Å². The summed E-state index contributed by atoms with van der Waals surface area (Å²) in [7, 11) is 0. The van der Waals surface area contributed by atoms with Gasteiger partial charge in [0, 0.05) is 24.0 Å². The van der Waals surface area contributed by atoms with Crippen molar-refractivity contribution in [2.45, 2.75) is 19.8 Å². The van der Waals surface area contributed by atoms with Crippen LogP contribution in [-0.4, -0.2) is 21.5 Å². The zero-order valence-corrected chi connectivity index (χ0v) is 14.7. The predicted octanol–water partition coefficient (Wildman–Crippen LogP) is 4.53. The van der Waals surface area contributed by atoms with Crippen LogP contribution < -0.4 is 10.2 Å². The summed E-state index contributed by atoms with van der Waals surface area (Å²) in [5, 5.41) is 4.18. The maximum Gasteiger partial charge on any atom is 0.160 e. The molecule has 5 nitrogen and oxygen atoms in total. The van der Waals surface area contributed by atoms with Crippen molar-refractivity contribution in [2.24, 2.45) is 0 Å². The van der Waals surface area contributed by atoms with Crippen molar-refractivity contribution in [3.05, 3.63) is 65.3 Å². The zero-order chi connectivity index (χ0) is 17.2. The zero-order valence-electron chi connectivity index (χ0n) is 13.9. The second kappa shape index (κ2) is 6.69. The Balaban J connectivity index is 1.74. The van der Waals surface area contributed by atoms with Crippen molar-refractivity contribution in [1.82, 2.24) is 15.0 Å². The van der Waals surface area contributed by atoms with E-state index in [1.807, 2.05) is 18.3 Å². The predicted molar refractivity (Wildman–Crippen MR) is 101 cm³/mol. The van der Waals surface area contributed by atoms with Gasteiger partial charge < -0.3 is 10.2 Å². The summed E-state index contributed by atoms with van der Waals surface area (Å²) in [5.74, 6) is 0.885. The van der Waals surface area contributed by atoms with Crippen LogP contribution in [0.5, 0.6) is 0 Å². The van der Waals surface area contributed by atoms with Crippen molar-refractivity contribution in [3.63, 3.8) is 0 Å². The Morgan fingerprint density at radius 1 is 1.16 bits per heavy atom. The first-order chi connectivity index (χ1) is 12.3. The minimum absolute atomic E-state index is 0.779. The number of hydrogen-bond donors (Lipinski definition) is 1. The van der Waals surface area contributed by atoms with E-state index in [0.717, 1.165) is 52.9 Å². The number of rotatable bonds is 4. The quantitative estimate of drug-likeness (QED) is 0.748. The van der Waals surface area contributed by atoms with E-state index in [1.54, 1.807) is 18.7 Å². The summed E-state index contributed by atoms with van der Waals surface area (Å²) in [6, 6.07) is 8.20. The smallest absolute Gasteiger partial charge is 0.160 e. The van der Waals surface area contributed by atoms with E-state index in [0.29, 0.717) is 0 Å². The van der Waals surface area contributed by atoms with E-state index in [-0.39, 0.29) is 0 Å². The summed E-state index contributed by atoms with van der Waals surface area (Å²) in [4.78, 5) is 15.1. The maximum absolute atomic E-state index is 6.41. The molecule has 0 aliphatic carbocycles. The van der Waals surface area contributed by atoms with E-state index in [1.165, 1.54) is 5.56 Å². The van der Waals surface area contributed by atoms with Gasteiger partial charge in [-0.3, -0.25) is 4.98 Å². The fourth-order valence-corrected chi connectivity index (χ4v) is 3.40. The lowest BCUT2D eigenvalue weighted by atomic mass is 10.1. The van der Waals surface area contributed by atoms with Gasteiger partial charge in [0.1, 0.15) is 12.0 Å². The van der Waals surface area contributed by atoms with Crippen LogP contribution in [0.3, 0.4) is 0 Å². The van der Waals surface area contributed by atoms with E-state index in [2.05, 4.69) is 44.2 Å². The number of fused-ring (bicyclic) bond motifs is 2.